The van der Waals surface area contributed by atoms with Crippen LogP contribution in [0.3, 0.4) is 0 Å². The molecular weight excluding hydrogens is 484 g/mol. The molecule has 0 aromatic heterocycles. The molecule has 206 valence electrons. The first-order valence-electron chi connectivity index (χ1n) is 13.7. The minimum Gasteiger partial charge on any atom is -0.496 e. The van der Waals surface area contributed by atoms with Gasteiger partial charge in [0.1, 0.15) is 5.75 Å². The number of ether oxygens (including phenoxy) is 1. The summed E-state index contributed by atoms with van der Waals surface area (Å²) in [5.41, 5.74) is 6.18. The van der Waals surface area contributed by atoms with Crippen LogP contribution in [0.5, 0.6) is 5.75 Å². The van der Waals surface area contributed by atoms with E-state index in [1.54, 1.807) is 13.2 Å². The van der Waals surface area contributed by atoms with Crippen molar-refractivity contribution in [3.8, 4) is 16.9 Å². The molecule has 0 amide bonds. The third kappa shape index (κ3) is 7.57. The van der Waals surface area contributed by atoms with E-state index in [1.807, 2.05) is 42.5 Å². The Morgan fingerprint density at radius 2 is 1.64 bits per heavy atom. The van der Waals surface area contributed by atoms with Gasteiger partial charge in [0.15, 0.2) is 5.78 Å². The monoisotopic (exact) mass is 526 g/mol. The number of methoxy groups -OCH3 is 1. The van der Waals surface area contributed by atoms with Gasteiger partial charge in [-0.2, -0.15) is 0 Å². The van der Waals surface area contributed by atoms with Crippen molar-refractivity contribution in [2.75, 3.05) is 79.5 Å². The second kappa shape index (κ2) is 13.6. The molecule has 0 bridgehead atoms. The molecule has 6 nitrogen and oxygen atoms in total. The number of allylic oxidation sites excluding steroid dienone is 1. The number of likely N-dealkylation sites (N-methyl/N-ethyl adjacent to an activating group) is 3. The van der Waals surface area contributed by atoms with Crippen molar-refractivity contribution in [1.82, 2.24) is 14.7 Å². The Bertz CT molecular complexity index is 1280. The van der Waals surface area contributed by atoms with Gasteiger partial charge in [-0.05, 0) is 69.2 Å². The summed E-state index contributed by atoms with van der Waals surface area (Å²) in [4.78, 5) is 22.7. The highest BCUT2D eigenvalue weighted by Crippen LogP contribution is 2.34. The quantitative estimate of drug-likeness (QED) is 0.259. The number of benzene rings is 3. The Labute approximate surface area is 234 Å². The Kier molecular flexibility index (Phi) is 9.93. The van der Waals surface area contributed by atoms with Crippen LogP contribution in [0, 0.1) is 0 Å². The topological polar surface area (TPSA) is 39.3 Å². The van der Waals surface area contributed by atoms with Gasteiger partial charge in [0.25, 0.3) is 0 Å². The van der Waals surface area contributed by atoms with Crippen LogP contribution in [-0.2, 0) is 6.54 Å². The fourth-order valence-electron chi connectivity index (χ4n) is 4.95. The molecule has 0 atom stereocenters. The number of para-hydroxylation sites is 1. The summed E-state index contributed by atoms with van der Waals surface area (Å²) in [5, 5.41) is 0. The second-order valence-electron chi connectivity index (χ2n) is 10.7. The van der Waals surface area contributed by atoms with Crippen LogP contribution < -0.4 is 9.64 Å². The number of ketones is 1. The van der Waals surface area contributed by atoms with Gasteiger partial charge in [0.05, 0.1) is 7.11 Å². The first-order chi connectivity index (χ1) is 18.9. The predicted molar refractivity (Wildman–Crippen MR) is 163 cm³/mol. The molecule has 0 spiro atoms. The standard InChI is InChI=1S/C33H42N4O2/c1-34(2)18-19-36(4)25-28-10-6-7-11-29(28)32(38)17-16-26-14-15-27(30-12-8-9-13-33(30)39-5)24-31(26)37-22-20-35(3)21-23-37/h6-17,24H,18-23,25H2,1-5H3. The molecule has 1 aliphatic rings. The van der Waals surface area contributed by atoms with Crippen LogP contribution in [0.25, 0.3) is 17.2 Å². The van der Waals surface area contributed by atoms with Crippen molar-refractivity contribution >= 4 is 17.5 Å². The lowest BCUT2D eigenvalue weighted by Gasteiger charge is -2.35. The first kappa shape index (κ1) is 28.6. The summed E-state index contributed by atoms with van der Waals surface area (Å²) in [6.45, 7) is 6.57. The summed E-state index contributed by atoms with van der Waals surface area (Å²) in [6, 6.07) is 22.6. The van der Waals surface area contributed by atoms with E-state index in [4.69, 9.17) is 4.74 Å². The lowest BCUT2D eigenvalue weighted by Crippen LogP contribution is -2.44. The summed E-state index contributed by atoms with van der Waals surface area (Å²) < 4.78 is 5.64. The molecular formula is C33H42N4O2. The number of carbonyl (C=O) groups excluding carboxylic acids is 1. The highest BCUT2D eigenvalue weighted by molar-refractivity contribution is 6.08. The lowest BCUT2D eigenvalue weighted by molar-refractivity contribution is 0.104. The Morgan fingerprint density at radius 1 is 0.923 bits per heavy atom. The highest BCUT2D eigenvalue weighted by Gasteiger charge is 2.18. The summed E-state index contributed by atoms with van der Waals surface area (Å²) in [5.74, 6) is 0.886. The first-order valence-corrected chi connectivity index (χ1v) is 13.7. The maximum atomic E-state index is 13.4. The van der Waals surface area contributed by atoms with Crippen molar-refractivity contribution in [2.45, 2.75) is 6.54 Å². The van der Waals surface area contributed by atoms with E-state index in [2.05, 4.69) is 78.1 Å². The normalized spacial score (nSPS) is 14.5. The van der Waals surface area contributed by atoms with E-state index < -0.39 is 0 Å². The molecule has 0 N–H and O–H groups in total. The zero-order valence-electron chi connectivity index (χ0n) is 24.1. The number of piperazine rings is 1. The van der Waals surface area contributed by atoms with Gasteiger partial charge < -0.3 is 24.3 Å². The smallest absolute Gasteiger partial charge is 0.186 e. The van der Waals surface area contributed by atoms with Crippen LogP contribution in [-0.4, -0.2) is 95.1 Å². The SMILES string of the molecule is COc1ccccc1-c1ccc(C=CC(=O)c2ccccc2CN(C)CCN(C)C)c(N2CCN(C)CC2)c1. The van der Waals surface area contributed by atoms with Gasteiger partial charge in [0.2, 0.25) is 0 Å². The van der Waals surface area contributed by atoms with Crippen molar-refractivity contribution in [1.29, 1.82) is 0 Å². The van der Waals surface area contributed by atoms with E-state index in [9.17, 15) is 4.79 Å². The molecule has 3 aromatic carbocycles. The maximum Gasteiger partial charge on any atom is 0.186 e. The van der Waals surface area contributed by atoms with Gasteiger partial charge in [-0.15, -0.1) is 0 Å². The zero-order valence-corrected chi connectivity index (χ0v) is 24.1. The average molecular weight is 527 g/mol. The largest absolute Gasteiger partial charge is 0.496 e. The molecule has 0 aliphatic carbocycles. The third-order valence-corrected chi connectivity index (χ3v) is 7.36. The molecule has 1 fully saturated rings. The van der Waals surface area contributed by atoms with Gasteiger partial charge in [0, 0.05) is 62.6 Å². The molecule has 0 unspecified atom stereocenters. The minimum atomic E-state index is 0.0322. The lowest BCUT2D eigenvalue weighted by atomic mass is 9.99. The van der Waals surface area contributed by atoms with Crippen LogP contribution in [0.2, 0.25) is 0 Å². The van der Waals surface area contributed by atoms with Crippen molar-refractivity contribution < 1.29 is 9.53 Å². The summed E-state index contributed by atoms with van der Waals surface area (Å²) in [6.07, 6.45) is 3.71. The van der Waals surface area contributed by atoms with Gasteiger partial charge in [-0.25, -0.2) is 0 Å². The summed E-state index contributed by atoms with van der Waals surface area (Å²) in [7, 11) is 10.1. The molecule has 3 aromatic rings. The van der Waals surface area contributed by atoms with E-state index in [0.29, 0.717) is 0 Å². The van der Waals surface area contributed by atoms with E-state index in [0.717, 1.165) is 85.1 Å². The fraction of sp³-hybridized carbons (Fsp3) is 0.364. The van der Waals surface area contributed by atoms with Crippen molar-refractivity contribution in [2.24, 2.45) is 0 Å². The Balaban J connectivity index is 1.61. The summed E-state index contributed by atoms with van der Waals surface area (Å²) >= 11 is 0. The molecule has 1 heterocycles. The Hall–Kier alpha value is -3.45. The third-order valence-electron chi connectivity index (χ3n) is 7.36. The fourth-order valence-corrected chi connectivity index (χ4v) is 4.95. The van der Waals surface area contributed by atoms with Crippen molar-refractivity contribution in [3.05, 3.63) is 89.5 Å². The van der Waals surface area contributed by atoms with Crippen LogP contribution in [0.4, 0.5) is 5.69 Å². The van der Waals surface area contributed by atoms with Gasteiger partial charge in [-0.1, -0.05) is 54.6 Å². The molecule has 4 rings (SSSR count). The molecule has 39 heavy (non-hydrogen) atoms. The van der Waals surface area contributed by atoms with Crippen LogP contribution >= 0.6 is 0 Å². The van der Waals surface area contributed by atoms with E-state index >= 15 is 0 Å². The number of rotatable bonds is 11. The molecule has 0 saturated carbocycles. The number of nitrogens with zero attached hydrogens (tertiary/aromatic N) is 4. The van der Waals surface area contributed by atoms with Gasteiger partial charge >= 0.3 is 0 Å². The zero-order chi connectivity index (χ0) is 27.8. The number of hydrogen-bond donors (Lipinski definition) is 0. The Morgan fingerprint density at radius 3 is 2.38 bits per heavy atom. The molecule has 0 radical (unpaired) electrons. The number of carbonyl (C=O) groups is 1. The van der Waals surface area contributed by atoms with Gasteiger partial charge in [-0.3, -0.25) is 4.79 Å². The second-order valence-corrected chi connectivity index (χ2v) is 10.7. The number of anilines is 1. The van der Waals surface area contributed by atoms with Crippen molar-refractivity contribution in [3.63, 3.8) is 0 Å². The minimum absolute atomic E-state index is 0.0322. The molecule has 1 aliphatic heterocycles. The van der Waals surface area contributed by atoms with E-state index in [-0.39, 0.29) is 5.78 Å². The van der Waals surface area contributed by atoms with Crippen LogP contribution in [0.15, 0.2) is 72.8 Å². The highest BCUT2D eigenvalue weighted by atomic mass is 16.5. The maximum absolute atomic E-state index is 13.4. The van der Waals surface area contributed by atoms with Crippen LogP contribution in [0.1, 0.15) is 21.5 Å². The molecule has 1 saturated heterocycles. The predicted octanol–water partition coefficient (Wildman–Crippen LogP) is 5.00. The molecule has 6 heteroatoms. The van der Waals surface area contributed by atoms with E-state index in [1.165, 1.54) is 0 Å². The average Bonchev–Trinajstić information content (AvgIpc) is 2.95. The number of hydrogen-bond acceptors (Lipinski definition) is 6.